The van der Waals surface area contributed by atoms with Crippen LogP contribution in [0.25, 0.3) is 0 Å². The quantitative estimate of drug-likeness (QED) is 0.628. The van der Waals surface area contributed by atoms with Gasteiger partial charge in [-0.2, -0.15) is 0 Å². The molecule has 2 heteroatoms. The van der Waals surface area contributed by atoms with E-state index in [1.807, 2.05) is 6.92 Å². The van der Waals surface area contributed by atoms with E-state index in [2.05, 4.69) is 18.7 Å². The van der Waals surface area contributed by atoms with Crippen LogP contribution in [0.4, 0.5) is 0 Å². The fraction of sp³-hybridized carbons (Fsp3) is 0.909. The number of carbonyl (C=O) groups excluding carboxylic acids is 1. The Hall–Kier alpha value is -0.370. The first-order chi connectivity index (χ1) is 6.13. The van der Waals surface area contributed by atoms with Crippen molar-refractivity contribution in [1.82, 2.24) is 4.90 Å². The molecule has 2 nitrogen and oxygen atoms in total. The number of ketones is 1. The summed E-state index contributed by atoms with van der Waals surface area (Å²) in [6.07, 6.45) is 3.40. The lowest BCUT2D eigenvalue weighted by molar-refractivity contribution is -0.120. The van der Waals surface area contributed by atoms with E-state index in [9.17, 15) is 4.79 Å². The molecule has 13 heavy (non-hydrogen) atoms. The minimum absolute atomic E-state index is 0.370. The lowest BCUT2D eigenvalue weighted by Crippen LogP contribution is -2.37. The van der Waals surface area contributed by atoms with Crippen LogP contribution < -0.4 is 0 Å². The molecule has 0 N–H and O–H groups in total. The van der Waals surface area contributed by atoms with E-state index >= 15 is 0 Å². The summed E-state index contributed by atoms with van der Waals surface area (Å²) in [5.74, 6) is 1.25. The van der Waals surface area contributed by atoms with Crippen molar-refractivity contribution in [3.05, 3.63) is 0 Å². The second-order valence-electron chi connectivity index (χ2n) is 4.36. The van der Waals surface area contributed by atoms with Gasteiger partial charge in [0.15, 0.2) is 0 Å². The zero-order valence-electron chi connectivity index (χ0n) is 9.05. The molecule has 76 valence electrons. The van der Waals surface area contributed by atoms with Gasteiger partial charge in [0.1, 0.15) is 5.78 Å². The SMILES string of the molecule is CCC(=O)CN(CC1CC1)C(C)C. The Morgan fingerprint density at radius 3 is 2.46 bits per heavy atom. The molecule has 0 atom stereocenters. The molecule has 0 aromatic heterocycles. The van der Waals surface area contributed by atoms with Gasteiger partial charge < -0.3 is 0 Å². The molecule has 1 aliphatic rings. The van der Waals surface area contributed by atoms with Crippen molar-refractivity contribution >= 4 is 5.78 Å². The summed E-state index contributed by atoms with van der Waals surface area (Å²) >= 11 is 0. The lowest BCUT2D eigenvalue weighted by Gasteiger charge is -2.25. The molecule has 0 bridgehead atoms. The average molecular weight is 183 g/mol. The molecule has 0 aliphatic heterocycles. The molecule has 0 amide bonds. The summed E-state index contributed by atoms with van der Waals surface area (Å²) < 4.78 is 0. The molecule has 0 heterocycles. The van der Waals surface area contributed by atoms with Gasteiger partial charge in [-0.15, -0.1) is 0 Å². The Balaban J connectivity index is 2.31. The average Bonchev–Trinajstić information content (AvgIpc) is 2.86. The first kappa shape index (κ1) is 10.7. The Bertz CT molecular complexity index is 173. The maximum absolute atomic E-state index is 11.3. The molecule has 0 aromatic rings. The third-order valence-electron chi connectivity index (χ3n) is 2.69. The standard InChI is InChI=1S/C11H21NO/c1-4-11(13)8-12(9(2)3)7-10-5-6-10/h9-10H,4-8H2,1-3H3. The summed E-state index contributed by atoms with van der Waals surface area (Å²) in [5, 5.41) is 0. The lowest BCUT2D eigenvalue weighted by atomic mass is 10.2. The fourth-order valence-electron chi connectivity index (χ4n) is 1.43. The smallest absolute Gasteiger partial charge is 0.146 e. The predicted molar refractivity (Wildman–Crippen MR) is 54.7 cm³/mol. The summed E-state index contributed by atoms with van der Waals surface area (Å²) in [5.41, 5.74) is 0. The number of hydrogen-bond donors (Lipinski definition) is 0. The number of nitrogens with zero attached hydrogens (tertiary/aromatic N) is 1. The van der Waals surface area contributed by atoms with Gasteiger partial charge in [-0.1, -0.05) is 6.92 Å². The second kappa shape index (κ2) is 4.75. The molecule has 1 rings (SSSR count). The van der Waals surface area contributed by atoms with Crippen LogP contribution in [0, 0.1) is 5.92 Å². The zero-order chi connectivity index (χ0) is 9.84. The first-order valence-corrected chi connectivity index (χ1v) is 5.39. The Morgan fingerprint density at radius 2 is 2.08 bits per heavy atom. The van der Waals surface area contributed by atoms with Gasteiger partial charge in [0.25, 0.3) is 0 Å². The third-order valence-corrected chi connectivity index (χ3v) is 2.69. The molecule has 1 fully saturated rings. The molecule has 0 spiro atoms. The largest absolute Gasteiger partial charge is 0.298 e. The summed E-state index contributed by atoms with van der Waals surface area (Å²) in [6.45, 7) is 8.07. The summed E-state index contributed by atoms with van der Waals surface area (Å²) in [6, 6.07) is 0.510. The highest BCUT2D eigenvalue weighted by Crippen LogP contribution is 2.30. The monoisotopic (exact) mass is 183 g/mol. The highest BCUT2D eigenvalue weighted by molar-refractivity contribution is 5.80. The van der Waals surface area contributed by atoms with Crippen molar-refractivity contribution in [2.75, 3.05) is 13.1 Å². The van der Waals surface area contributed by atoms with E-state index in [0.717, 1.165) is 12.5 Å². The molecule has 0 unspecified atom stereocenters. The minimum atomic E-state index is 0.370. The first-order valence-electron chi connectivity index (χ1n) is 5.39. The maximum Gasteiger partial charge on any atom is 0.146 e. The number of rotatable bonds is 6. The topological polar surface area (TPSA) is 20.3 Å². The van der Waals surface area contributed by atoms with Crippen LogP contribution in [0.1, 0.15) is 40.0 Å². The van der Waals surface area contributed by atoms with Gasteiger partial charge in [0, 0.05) is 19.0 Å². The van der Waals surface area contributed by atoms with Crippen molar-refractivity contribution in [1.29, 1.82) is 0 Å². The van der Waals surface area contributed by atoms with Crippen LogP contribution in [0.3, 0.4) is 0 Å². The molecule has 1 aliphatic carbocycles. The van der Waals surface area contributed by atoms with E-state index in [-0.39, 0.29) is 0 Å². The van der Waals surface area contributed by atoms with E-state index in [1.165, 1.54) is 12.8 Å². The maximum atomic E-state index is 11.3. The minimum Gasteiger partial charge on any atom is -0.298 e. The highest BCUT2D eigenvalue weighted by atomic mass is 16.1. The van der Waals surface area contributed by atoms with Gasteiger partial charge >= 0.3 is 0 Å². The van der Waals surface area contributed by atoms with Gasteiger partial charge in [-0.25, -0.2) is 0 Å². The summed E-state index contributed by atoms with van der Waals surface area (Å²) in [7, 11) is 0. The number of carbonyl (C=O) groups is 1. The van der Waals surface area contributed by atoms with Crippen molar-refractivity contribution in [2.45, 2.75) is 46.1 Å². The van der Waals surface area contributed by atoms with E-state index < -0.39 is 0 Å². The normalized spacial score (nSPS) is 17.0. The third kappa shape index (κ3) is 3.90. The Kier molecular flexibility index (Phi) is 3.91. The van der Waals surface area contributed by atoms with Crippen LogP contribution in [0.15, 0.2) is 0 Å². The predicted octanol–water partition coefficient (Wildman–Crippen LogP) is 2.09. The molecule has 0 radical (unpaired) electrons. The van der Waals surface area contributed by atoms with Crippen molar-refractivity contribution < 1.29 is 4.79 Å². The van der Waals surface area contributed by atoms with E-state index in [0.29, 0.717) is 24.8 Å². The van der Waals surface area contributed by atoms with Crippen molar-refractivity contribution in [2.24, 2.45) is 5.92 Å². The summed E-state index contributed by atoms with van der Waals surface area (Å²) in [4.78, 5) is 13.6. The van der Waals surface area contributed by atoms with Gasteiger partial charge in [0.05, 0.1) is 6.54 Å². The Labute approximate surface area is 81.3 Å². The van der Waals surface area contributed by atoms with Crippen LogP contribution in [-0.2, 0) is 4.79 Å². The van der Waals surface area contributed by atoms with E-state index in [4.69, 9.17) is 0 Å². The molecule has 0 saturated heterocycles. The molecule has 0 aromatic carbocycles. The fourth-order valence-corrected chi connectivity index (χ4v) is 1.43. The number of Topliss-reactive ketones (excluding diaryl/α,β-unsaturated/α-hetero) is 1. The van der Waals surface area contributed by atoms with Crippen LogP contribution in [0.5, 0.6) is 0 Å². The highest BCUT2D eigenvalue weighted by Gasteiger charge is 2.25. The molecular formula is C11H21NO. The van der Waals surface area contributed by atoms with Gasteiger partial charge in [-0.05, 0) is 32.6 Å². The van der Waals surface area contributed by atoms with Gasteiger partial charge in [-0.3, -0.25) is 9.69 Å². The Morgan fingerprint density at radius 1 is 1.46 bits per heavy atom. The van der Waals surface area contributed by atoms with Gasteiger partial charge in [0.2, 0.25) is 0 Å². The molecular weight excluding hydrogens is 162 g/mol. The van der Waals surface area contributed by atoms with Crippen LogP contribution in [-0.4, -0.2) is 29.8 Å². The molecule has 1 saturated carbocycles. The van der Waals surface area contributed by atoms with Crippen LogP contribution in [0.2, 0.25) is 0 Å². The second-order valence-corrected chi connectivity index (χ2v) is 4.36. The van der Waals surface area contributed by atoms with Crippen molar-refractivity contribution in [3.8, 4) is 0 Å². The zero-order valence-corrected chi connectivity index (χ0v) is 9.05. The van der Waals surface area contributed by atoms with E-state index in [1.54, 1.807) is 0 Å². The van der Waals surface area contributed by atoms with Crippen LogP contribution >= 0.6 is 0 Å². The van der Waals surface area contributed by atoms with Crippen molar-refractivity contribution in [3.63, 3.8) is 0 Å². The number of hydrogen-bond acceptors (Lipinski definition) is 2.